The highest BCUT2D eigenvalue weighted by atomic mass is 15.2. The Morgan fingerprint density at radius 2 is 2.12 bits per heavy atom. The molecule has 1 fully saturated rings. The van der Waals surface area contributed by atoms with Gasteiger partial charge in [0.25, 0.3) is 0 Å². The summed E-state index contributed by atoms with van der Waals surface area (Å²) >= 11 is 0. The molecule has 1 aromatic heterocycles. The van der Waals surface area contributed by atoms with E-state index in [4.69, 9.17) is 0 Å². The molecule has 25 heavy (non-hydrogen) atoms. The van der Waals surface area contributed by atoms with E-state index in [0.717, 1.165) is 57.3 Å². The van der Waals surface area contributed by atoms with E-state index in [1.807, 2.05) is 19.3 Å². The van der Waals surface area contributed by atoms with Gasteiger partial charge in [-0.15, -0.1) is 0 Å². The monoisotopic (exact) mass is 346 g/mol. The van der Waals surface area contributed by atoms with Gasteiger partial charge in [-0.05, 0) is 45.0 Å². The molecule has 0 bridgehead atoms. The van der Waals surface area contributed by atoms with Gasteiger partial charge in [-0.25, -0.2) is 4.98 Å². The van der Waals surface area contributed by atoms with Crippen molar-refractivity contribution in [2.24, 2.45) is 4.99 Å². The van der Waals surface area contributed by atoms with Gasteiger partial charge in [0.15, 0.2) is 5.96 Å². The van der Waals surface area contributed by atoms with E-state index in [-0.39, 0.29) is 0 Å². The Bertz CT molecular complexity index is 496. The Hall–Kier alpha value is -1.82. The van der Waals surface area contributed by atoms with Crippen molar-refractivity contribution in [3.63, 3.8) is 0 Å². The van der Waals surface area contributed by atoms with Gasteiger partial charge in [0.05, 0.1) is 0 Å². The van der Waals surface area contributed by atoms with Gasteiger partial charge in [0.1, 0.15) is 5.82 Å². The summed E-state index contributed by atoms with van der Waals surface area (Å²) < 4.78 is 0. The average molecular weight is 347 g/mol. The Kier molecular flexibility index (Phi) is 8.52. The molecule has 0 unspecified atom stereocenters. The first-order valence-corrected chi connectivity index (χ1v) is 9.54. The van der Waals surface area contributed by atoms with Gasteiger partial charge in [-0.3, -0.25) is 4.99 Å². The van der Waals surface area contributed by atoms with Gasteiger partial charge in [0.2, 0.25) is 0 Å². The summed E-state index contributed by atoms with van der Waals surface area (Å²) in [5, 5.41) is 7.01. The van der Waals surface area contributed by atoms with Crippen LogP contribution in [-0.2, 0) is 0 Å². The van der Waals surface area contributed by atoms with Crippen LogP contribution in [-0.4, -0.2) is 68.7 Å². The van der Waals surface area contributed by atoms with Crippen molar-refractivity contribution >= 4 is 11.8 Å². The van der Waals surface area contributed by atoms with Crippen LogP contribution >= 0.6 is 0 Å². The molecule has 0 aromatic carbocycles. The third-order valence-electron chi connectivity index (χ3n) is 4.71. The first-order chi connectivity index (χ1) is 12.2. The molecule has 0 atom stereocenters. The molecule has 0 amide bonds. The SMILES string of the molecule is CCCCN(C)CCNC(=NC)NC1CCN(c2ccccn2)CC1. The summed E-state index contributed by atoms with van der Waals surface area (Å²) in [5.74, 6) is 2.00. The second-order valence-electron chi connectivity index (χ2n) is 6.75. The lowest BCUT2D eigenvalue weighted by Crippen LogP contribution is -2.49. The lowest BCUT2D eigenvalue weighted by molar-refractivity contribution is 0.331. The maximum absolute atomic E-state index is 4.45. The number of hydrogen-bond acceptors (Lipinski definition) is 4. The summed E-state index contributed by atoms with van der Waals surface area (Å²) in [6.45, 7) is 7.43. The Morgan fingerprint density at radius 3 is 2.76 bits per heavy atom. The highest BCUT2D eigenvalue weighted by Crippen LogP contribution is 2.17. The summed E-state index contributed by atoms with van der Waals surface area (Å²) in [5.41, 5.74) is 0. The fourth-order valence-corrected chi connectivity index (χ4v) is 3.09. The molecule has 0 aliphatic carbocycles. The first kappa shape index (κ1) is 19.5. The van der Waals surface area contributed by atoms with Crippen LogP contribution < -0.4 is 15.5 Å². The molecule has 0 spiro atoms. The summed E-state index contributed by atoms with van der Waals surface area (Å²) in [6.07, 6.45) is 6.58. The highest BCUT2D eigenvalue weighted by Gasteiger charge is 2.20. The molecule has 2 rings (SSSR count). The lowest BCUT2D eigenvalue weighted by Gasteiger charge is -2.33. The van der Waals surface area contributed by atoms with Crippen LogP contribution in [0.4, 0.5) is 5.82 Å². The van der Waals surface area contributed by atoms with Crippen LogP contribution in [0.3, 0.4) is 0 Å². The number of guanidine groups is 1. The van der Waals surface area contributed by atoms with E-state index in [0.29, 0.717) is 6.04 Å². The summed E-state index contributed by atoms with van der Waals surface area (Å²) in [4.78, 5) is 13.5. The van der Waals surface area contributed by atoms with Crippen molar-refractivity contribution in [2.75, 3.05) is 51.7 Å². The molecule has 6 nitrogen and oxygen atoms in total. The second kappa shape index (κ2) is 10.9. The van der Waals surface area contributed by atoms with Crippen LogP contribution in [0.25, 0.3) is 0 Å². The van der Waals surface area contributed by atoms with Crippen LogP contribution in [0.5, 0.6) is 0 Å². The zero-order chi connectivity index (χ0) is 17.9. The van der Waals surface area contributed by atoms with Crippen LogP contribution in [0, 0.1) is 0 Å². The Labute approximate surface area is 152 Å². The van der Waals surface area contributed by atoms with Gasteiger partial charge in [0, 0.05) is 45.5 Å². The minimum Gasteiger partial charge on any atom is -0.356 e. The number of pyridine rings is 1. The number of aliphatic imine (C=N–C) groups is 1. The van der Waals surface area contributed by atoms with E-state index >= 15 is 0 Å². The van der Waals surface area contributed by atoms with Crippen molar-refractivity contribution < 1.29 is 0 Å². The standard InChI is InChI=1S/C19H34N6/c1-4-5-13-24(3)16-12-22-19(20-2)23-17-9-14-25(15-10-17)18-8-6-7-11-21-18/h6-8,11,17H,4-5,9-10,12-16H2,1-3H3,(H2,20,22,23). The summed E-state index contributed by atoms with van der Waals surface area (Å²) in [6, 6.07) is 6.58. The third kappa shape index (κ3) is 6.90. The lowest BCUT2D eigenvalue weighted by atomic mass is 10.1. The fraction of sp³-hybridized carbons (Fsp3) is 0.684. The number of nitrogens with zero attached hydrogens (tertiary/aromatic N) is 4. The van der Waals surface area contributed by atoms with Crippen molar-refractivity contribution in [1.29, 1.82) is 0 Å². The number of nitrogens with one attached hydrogen (secondary N) is 2. The van der Waals surface area contributed by atoms with Crippen molar-refractivity contribution in [2.45, 2.75) is 38.6 Å². The third-order valence-corrected chi connectivity index (χ3v) is 4.71. The smallest absolute Gasteiger partial charge is 0.191 e. The number of anilines is 1. The first-order valence-electron chi connectivity index (χ1n) is 9.54. The number of piperidine rings is 1. The zero-order valence-corrected chi connectivity index (χ0v) is 16.0. The van der Waals surface area contributed by atoms with E-state index < -0.39 is 0 Å². The normalized spacial score (nSPS) is 16.3. The van der Waals surface area contributed by atoms with Crippen LogP contribution in [0.1, 0.15) is 32.6 Å². The molecule has 2 N–H and O–H groups in total. The zero-order valence-electron chi connectivity index (χ0n) is 16.0. The number of rotatable bonds is 8. The molecule has 1 aromatic rings. The maximum Gasteiger partial charge on any atom is 0.191 e. The number of aromatic nitrogens is 1. The van der Waals surface area contributed by atoms with Crippen molar-refractivity contribution in [1.82, 2.24) is 20.5 Å². The molecule has 1 aliphatic heterocycles. The summed E-state index contributed by atoms with van der Waals surface area (Å²) in [7, 11) is 4.03. The van der Waals surface area contributed by atoms with E-state index in [1.165, 1.54) is 12.8 Å². The fourth-order valence-electron chi connectivity index (χ4n) is 3.09. The van der Waals surface area contributed by atoms with E-state index in [9.17, 15) is 0 Å². The van der Waals surface area contributed by atoms with Gasteiger partial charge in [-0.1, -0.05) is 19.4 Å². The molecule has 1 saturated heterocycles. The molecule has 2 heterocycles. The van der Waals surface area contributed by atoms with Crippen molar-refractivity contribution in [3.05, 3.63) is 24.4 Å². The Balaban J connectivity index is 1.67. The van der Waals surface area contributed by atoms with Crippen LogP contribution in [0.15, 0.2) is 29.4 Å². The highest BCUT2D eigenvalue weighted by molar-refractivity contribution is 5.80. The number of hydrogen-bond donors (Lipinski definition) is 2. The largest absolute Gasteiger partial charge is 0.356 e. The average Bonchev–Trinajstić information content (AvgIpc) is 2.66. The molecule has 140 valence electrons. The molecule has 6 heteroatoms. The van der Waals surface area contributed by atoms with E-state index in [2.05, 4.69) is 56.5 Å². The predicted octanol–water partition coefficient (Wildman–Crippen LogP) is 1.95. The maximum atomic E-state index is 4.45. The van der Waals surface area contributed by atoms with Gasteiger partial charge < -0.3 is 20.4 Å². The van der Waals surface area contributed by atoms with E-state index in [1.54, 1.807) is 0 Å². The molecule has 0 radical (unpaired) electrons. The minimum absolute atomic E-state index is 0.476. The number of unbranched alkanes of at least 4 members (excludes halogenated alkanes) is 1. The predicted molar refractivity (Wildman–Crippen MR) is 106 cm³/mol. The van der Waals surface area contributed by atoms with Crippen molar-refractivity contribution in [3.8, 4) is 0 Å². The Morgan fingerprint density at radius 1 is 1.32 bits per heavy atom. The topological polar surface area (TPSA) is 55.8 Å². The molecular formula is C19H34N6. The molecular weight excluding hydrogens is 312 g/mol. The molecule has 0 saturated carbocycles. The number of likely N-dealkylation sites (N-methyl/N-ethyl adjacent to an activating group) is 1. The quantitative estimate of drug-likeness (QED) is 0.557. The van der Waals surface area contributed by atoms with Gasteiger partial charge >= 0.3 is 0 Å². The minimum atomic E-state index is 0.476. The van der Waals surface area contributed by atoms with Crippen LogP contribution in [0.2, 0.25) is 0 Å². The molecule has 1 aliphatic rings. The van der Waals surface area contributed by atoms with Gasteiger partial charge in [-0.2, -0.15) is 0 Å². The second-order valence-corrected chi connectivity index (χ2v) is 6.75.